The van der Waals surface area contributed by atoms with Crippen molar-refractivity contribution in [3.8, 4) is 23.1 Å². The van der Waals surface area contributed by atoms with Crippen LogP contribution < -0.4 is 24.8 Å². The first-order valence-corrected chi connectivity index (χ1v) is 10.7. The van der Waals surface area contributed by atoms with E-state index < -0.39 is 11.8 Å². The van der Waals surface area contributed by atoms with Crippen LogP contribution in [-0.4, -0.2) is 54.5 Å². The zero-order valence-corrected chi connectivity index (χ0v) is 19.8. The fourth-order valence-electron chi connectivity index (χ4n) is 3.60. The van der Waals surface area contributed by atoms with Crippen molar-refractivity contribution in [3.05, 3.63) is 65.9 Å². The number of carbonyl (C=O) groups is 2. The molecule has 0 spiro atoms. The third-order valence-electron chi connectivity index (χ3n) is 5.24. The van der Waals surface area contributed by atoms with Gasteiger partial charge in [0.2, 0.25) is 11.7 Å². The number of aromatic nitrogens is 3. The molecule has 10 nitrogen and oxygen atoms in total. The number of para-hydroxylation sites is 1. The summed E-state index contributed by atoms with van der Waals surface area (Å²) in [6.45, 7) is 1.56. The van der Waals surface area contributed by atoms with E-state index in [0.717, 1.165) is 10.9 Å². The highest BCUT2D eigenvalue weighted by Crippen LogP contribution is 2.38. The lowest BCUT2D eigenvalue weighted by molar-refractivity contribution is -0.115. The van der Waals surface area contributed by atoms with Gasteiger partial charge in [-0.25, -0.2) is 4.98 Å². The van der Waals surface area contributed by atoms with Gasteiger partial charge in [0.15, 0.2) is 17.3 Å². The lowest BCUT2D eigenvalue weighted by Gasteiger charge is -2.14. The Bertz CT molecular complexity index is 1370. The molecular formula is C25H25N5O5. The highest BCUT2D eigenvalue weighted by atomic mass is 16.5. The lowest BCUT2D eigenvalue weighted by Crippen LogP contribution is -2.33. The summed E-state index contributed by atoms with van der Waals surface area (Å²) in [5.74, 6) is 1.15. The zero-order chi connectivity index (χ0) is 24.9. The predicted octanol–water partition coefficient (Wildman–Crippen LogP) is 3.12. The number of rotatable bonds is 8. The van der Waals surface area contributed by atoms with Crippen molar-refractivity contribution in [2.75, 3.05) is 33.2 Å². The Hall–Kier alpha value is -4.60. The number of hydrogen-bond donors (Lipinski definition) is 2. The molecule has 0 aliphatic carbocycles. The zero-order valence-electron chi connectivity index (χ0n) is 19.8. The van der Waals surface area contributed by atoms with E-state index in [1.165, 1.54) is 33.5 Å². The van der Waals surface area contributed by atoms with Crippen molar-refractivity contribution in [2.45, 2.75) is 6.92 Å². The number of amides is 2. The fourth-order valence-corrected chi connectivity index (χ4v) is 3.60. The molecule has 0 bridgehead atoms. The highest BCUT2D eigenvalue weighted by molar-refractivity contribution is 6.00. The van der Waals surface area contributed by atoms with E-state index in [9.17, 15) is 9.59 Å². The monoisotopic (exact) mass is 475 g/mol. The van der Waals surface area contributed by atoms with Crippen LogP contribution in [0.3, 0.4) is 0 Å². The number of ether oxygens (including phenoxy) is 3. The molecule has 2 heterocycles. The molecule has 0 aliphatic rings. The second-order valence-electron chi connectivity index (χ2n) is 7.59. The Kier molecular flexibility index (Phi) is 6.81. The van der Waals surface area contributed by atoms with E-state index in [1.807, 2.05) is 43.3 Å². The molecule has 2 aromatic carbocycles. The largest absolute Gasteiger partial charge is 0.493 e. The molecule has 0 aliphatic heterocycles. The van der Waals surface area contributed by atoms with E-state index in [1.54, 1.807) is 10.7 Å². The molecule has 0 unspecified atom stereocenters. The molecule has 35 heavy (non-hydrogen) atoms. The number of nitrogens with one attached hydrogen (secondary N) is 2. The van der Waals surface area contributed by atoms with Gasteiger partial charge < -0.3 is 24.8 Å². The molecule has 2 aromatic heterocycles. The maximum absolute atomic E-state index is 12.7. The molecule has 4 rings (SSSR count). The van der Waals surface area contributed by atoms with Gasteiger partial charge >= 0.3 is 0 Å². The van der Waals surface area contributed by atoms with E-state index in [2.05, 4.69) is 20.7 Å². The van der Waals surface area contributed by atoms with Gasteiger partial charge in [0.25, 0.3) is 5.91 Å². The van der Waals surface area contributed by atoms with E-state index in [-0.39, 0.29) is 12.1 Å². The number of benzene rings is 2. The van der Waals surface area contributed by atoms with Crippen LogP contribution >= 0.6 is 0 Å². The van der Waals surface area contributed by atoms with Crippen LogP contribution in [0.2, 0.25) is 0 Å². The van der Waals surface area contributed by atoms with Crippen LogP contribution in [0.5, 0.6) is 17.2 Å². The summed E-state index contributed by atoms with van der Waals surface area (Å²) in [7, 11) is 4.40. The van der Waals surface area contributed by atoms with Crippen LogP contribution in [0.1, 0.15) is 16.1 Å². The number of anilines is 1. The summed E-state index contributed by atoms with van der Waals surface area (Å²) in [4.78, 5) is 30.0. The van der Waals surface area contributed by atoms with Crippen molar-refractivity contribution in [2.24, 2.45) is 0 Å². The summed E-state index contributed by atoms with van der Waals surface area (Å²) < 4.78 is 17.4. The smallest absolute Gasteiger partial charge is 0.251 e. The molecule has 0 radical (unpaired) electrons. The molecular weight excluding hydrogens is 450 g/mol. The third kappa shape index (κ3) is 5.01. The van der Waals surface area contributed by atoms with E-state index in [4.69, 9.17) is 14.2 Å². The first kappa shape index (κ1) is 23.6. The summed E-state index contributed by atoms with van der Waals surface area (Å²) in [6.07, 6.45) is 0. The first-order valence-electron chi connectivity index (χ1n) is 10.7. The fraction of sp³-hybridized carbons (Fsp3) is 0.200. The average molecular weight is 476 g/mol. The quantitative estimate of drug-likeness (QED) is 0.402. The minimum absolute atomic E-state index is 0.258. The van der Waals surface area contributed by atoms with E-state index >= 15 is 0 Å². The van der Waals surface area contributed by atoms with Gasteiger partial charge in [-0.15, -0.1) is 0 Å². The van der Waals surface area contributed by atoms with Gasteiger partial charge in [-0.05, 0) is 37.3 Å². The van der Waals surface area contributed by atoms with Crippen molar-refractivity contribution in [1.29, 1.82) is 0 Å². The number of pyridine rings is 1. The van der Waals surface area contributed by atoms with Crippen molar-refractivity contribution < 1.29 is 23.8 Å². The maximum atomic E-state index is 12.7. The molecule has 0 atom stereocenters. The van der Waals surface area contributed by atoms with Gasteiger partial charge in [-0.2, -0.15) is 9.78 Å². The van der Waals surface area contributed by atoms with Crippen LogP contribution in [-0.2, 0) is 4.79 Å². The average Bonchev–Trinajstić information content (AvgIpc) is 3.25. The number of carbonyl (C=O) groups excluding carboxylic acids is 2. The molecule has 10 heteroatoms. The van der Waals surface area contributed by atoms with Crippen LogP contribution in [0.4, 0.5) is 5.82 Å². The van der Waals surface area contributed by atoms with Gasteiger partial charge in [0, 0.05) is 17.0 Å². The van der Waals surface area contributed by atoms with Gasteiger partial charge in [0.1, 0.15) is 5.82 Å². The van der Waals surface area contributed by atoms with Crippen molar-refractivity contribution in [3.63, 3.8) is 0 Å². The second-order valence-corrected chi connectivity index (χ2v) is 7.59. The standard InChI is InChI=1S/C25H25N5O5/c1-15-11-22(30(29-15)21-10-9-16-7-5-6-8-18(16)27-21)28-23(31)14-26-25(32)17-12-19(33-2)24(35-4)20(13-17)34-3/h5-13H,14H2,1-4H3,(H,26,32)(H,28,31). The molecule has 180 valence electrons. The summed E-state index contributed by atoms with van der Waals surface area (Å²) in [5, 5.41) is 10.8. The summed E-state index contributed by atoms with van der Waals surface area (Å²) in [6, 6.07) is 16.3. The minimum Gasteiger partial charge on any atom is -0.493 e. The second kappa shape index (κ2) is 10.1. The van der Waals surface area contributed by atoms with Gasteiger partial charge in [-0.3, -0.25) is 9.59 Å². The normalized spacial score (nSPS) is 10.6. The Balaban J connectivity index is 1.47. The predicted molar refractivity (Wildman–Crippen MR) is 131 cm³/mol. The molecule has 2 amide bonds. The SMILES string of the molecule is COc1cc(C(=O)NCC(=O)Nc2cc(C)nn2-c2ccc3ccccc3n2)cc(OC)c1OC. The Labute approximate surface area is 201 Å². The van der Waals surface area contributed by atoms with E-state index in [0.29, 0.717) is 34.6 Å². The lowest BCUT2D eigenvalue weighted by atomic mass is 10.1. The molecule has 2 N–H and O–H groups in total. The van der Waals surface area contributed by atoms with Gasteiger partial charge in [-0.1, -0.05) is 18.2 Å². The number of methoxy groups -OCH3 is 3. The topological polar surface area (TPSA) is 117 Å². The van der Waals surface area contributed by atoms with Crippen molar-refractivity contribution in [1.82, 2.24) is 20.1 Å². The van der Waals surface area contributed by atoms with Crippen molar-refractivity contribution >= 4 is 28.5 Å². The Morgan fingerprint density at radius 2 is 1.66 bits per heavy atom. The number of fused-ring (bicyclic) bond motifs is 1. The molecule has 0 fully saturated rings. The number of hydrogen-bond acceptors (Lipinski definition) is 7. The molecule has 0 saturated carbocycles. The van der Waals surface area contributed by atoms with Crippen LogP contribution in [0.15, 0.2) is 54.6 Å². The number of aryl methyl sites for hydroxylation is 1. The Morgan fingerprint density at radius 1 is 0.943 bits per heavy atom. The first-order chi connectivity index (χ1) is 16.9. The third-order valence-corrected chi connectivity index (χ3v) is 5.24. The summed E-state index contributed by atoms with van der Waals surface area (Å²) >= 11 is 0. The van der Waals surface area contributed by atoms with Crippen LogP contribution in [0, 0.1) is 6.92 Å². The molecule has 0 saturated heterocycles. The maximum Gasteiger partial charge on any atom is 0.251 e. The molecule has 4 aromatic rings. The van der Waals surface area contributed by atoms with Crippen LogP contribution in [0.25, 0.3) is 16.7 Å². The number of nitrogens with zero attached hydrogens (tertiary/aromatic N) is 3. The highest BCUT2D eigenvalue weighted by Gasteiger charge is 2.18. The Morgan fingerprint density at radius 3 is 2.34 bits per heavy atom. The summed E-state index contributed by atoms with van der Waals surface area (Å²) in [5.41, 5.74) is 1.78. The van der Waals surface area contributed by atoms with Gasteiger partial charge in [0.05, 0.1) is 39.1 Å². The minimum atomic E-state index is -0.472.